The summed E-state index contributed by atoms with van der Waals surface area (Å²) in [7, 11) is 0. The van der Waals surface area contributed by atoms with Crippen LogP contribution in [0, 0.1) is 0 Å². The number of nitrogens with one attached hydrogen (secondary N) is 2. The molecule has 2 amide bonds. The molecule has 3 N–H and O–H groups in total. The number of nitrogens with zero attached hydrogens (tertiary/aromatic N) is 1. The number of aliphatic hydroxyl groups is 1. The molecule has 6 nitrogen and oxygen atoms in total. The number of piperazine rings is 1. The molecule has 0 aromatic carbocycles. The zero-order valence-corrected chi connectivity index (χ0v) is 10.4. The van der Waals surface area contributed by atoms with Crippen LogP contribution in [0.25, 0.3) is 0 Å². The Balaban J connectivity index is 2.03. The summed E-state index contributed by atoms with van der Waals surface area (Å²) >= 11 is 0. The van der Waals surface area contributed by atoms with E-state index in [9.17, 15) is 9.59 Å². The zero-order chi connectivity index (χ0) is 12.8. The highest BCUT2D eigenvalue weighted by Gasteiger charge is 2.59. The van der Waals surface area contributed by atoms with E-state index >= 15 is 0 Å². The van der Waals surface area contributed by atoms with Crippen LogP contribution in [0.3, 0.4) is 0 Å². The van der Waals surface area contributed by atoms with Gasteiger partial charge in [-0.1, -0.05) is 0 Å². The molecule has 2 aliphatic heterocycles. The summed E-state index contributed by atoms with van der Waals surface area (Å²) in [5.41, 5.74) is -0.297. The fraction of sp³-hybridized carbons (Fsp3) is 0.818. The van der Waals surface area contributed by atoms with E-state index in [1.165, 1.54) is 0 Å². The predicted molar refractivity (Wildman–Crippen MR) is 61.2 cm³/mol. The van der Waals surface area contributed by atoms with Gasteiger partial charge in [0.25, 0.3) is 0 Å². The molecule has 2 rings (SSSR count). The molecule has 17 heavy (non-hydrogen) atoms. The molecule has 2 fully saturated rings. The second-order valence-corrected chi connectivity index (χ2v) is 5.64. The van der Waals surface area contributed by atoms with Crippen LogP contribution in [-0.2, 0) is 9.59 Å². The van der Waals surface area contributed by atoms with Gasteiger partial charge in [-0.3, -0.25) is 14.9 Å². The van der Waals surface area contributed by atoms with Crippen LogP contribution >= 0.6 is 0 Å². The quantitative estimate of drug-likeness (QED) is 0.511. The second-order valence-electron chi connectivity index (χ2n) is 5.64. The summed E-state index contributed by atoms with van der Waals surface area (Å²) in [4.78, 5) is 25.1. The van der Waals surface area contributed by atoms with Gasteiger partial charge in [-0.05, 0) is 20.8 Å². The van der Waals surface area contributed by atoms with Gasteiger partial charge in [0.05, 0.1) is 25.2 Å². The highest BCUT2D eigenvalue weighted by Crippen LogP contribution is 2.33. The minimum absolute atomic E-state index is 0.0474. The number of fused-ring (bicyclic) bond motifs is 1. The van der Waals surface area contributed by atoms with Crippen LogP contribution in [0.5, 0.6) is 0 Å². The van der Waals surface area contributed by atoms with Crippen molar-refractivity contribution in [2.45, 2.75) is 44.4 Å². The van der Waals surface area contributed by atoms with E-state index in [1.807, 2.05) is 20.8 Å². The maximum atomic E-state index is 12.0. The smallest absolute Gasteiger partial charge is 0.239 e. The number of rotatable bonds is 2. The Labute approximate surface area is 100 Å². The van der Waals surface area contributed by atoms with Crippen molar-refractivity contribution in [3.05, 3.63) is 0 Å². The second kappa shape index (κ2) is 3.96. The van der Waals surface area contributed by atoms with E-state index in [4.69, 9.17) is 5.11 Å². The number of carbonyl (C=O) groups is 2. The van der Waals surface area contributed by atoms with E-state index in [1.54, 1.807) is 4.90 Å². The zero-order valence-electron chi connectivity index (χ0n) is 10.4. The summed E-state index contributed by atoms with van der Waals surface area (Å²) in [6, 6.07) is -0.805. The summed E-state index contributed by atoms with van der Waals surface area (Å²) in [5, 5.41) is 15.0. The highest BCUT2D eigenvalue weighted by molar-refractivity contribution is 5.91. The molecular weight excluding hydrogens is 222 g/mol. The van der Waals surface area contributed by atoms with Gasteiger partial charge >= 0.3 is 0 Å². The van der Waals surface area contributed by atoms with Crippen molar-refractivity contribution in [2.24, 2.45) is 0 Å². The molecule has 0 spiro atoms. The number of carbonyl (C=O) groups excluding carboxylic acids is 2. The SMILES string of the molecule is CC(C)(C)NC(=O)[C@@H]1NCC(=O)N2[C@@H]1[C@H]2CO. The van der Waals surface area contributed by atoms with Gasteiger partial charge in [-0.2, -0.15) is 0 Å². The lowest BCUT2D eigenvalue weighted by Crippen LogP contribution is -2.57. The average Bonchev–Trinajstić information content (AvgIpc) is 2.90. The maximum Gasteiger partial charge on any atom is 0.239 e. The normalized spacial score (nSPS) is 32.1. The Hall–Kier alpha value is -1.14. The lowest BCUT2D eigenvalue weighted by Gasteiger charge is -2.27. The molecule has 0 bridgehead atoms. The molecule has 2 heterocycles. The van der Waals surface area contributed by atoms with Crippen molar-refractivity contribution in [1.82, 2.24) is 15.5 Å². The lowest BCUT2D eigenvalue weighted by atomic mass is 10.1. The maximum absolute atomic E-state index is 12.0. The van der Waals surface area contributed by atoms with Gasteiger partial charge < -0.3 is 15.3 Å². The van der Waals surface area contributed by atoms with Crippen molar-refractivity contribution < 1.29 is 14.7 Å². The van der Waals surface area contributed by atoms with Crippen molar-refractivity contribution in [1.29, 1.82) is 0 Å². The van der Waals surface area contributed by atoms with Gasteiger partial charge in [0, 0.05) is 5.54 Å². The third-order valence-corrected chi connectivity index (χ3v) is 3.05. The number of amides is 2. The van der Waals surface area contributed by atoms with Crippen molar-refractivity contribution in [3.63, 3.8) is 0 Å². The van der Waals surface area contributed by atoms with Gasteiger partial charge in [0.2, 0.25) is 11.8 Å². The van der Waals surface area contributed by atoms with Crippen molar-refractivity contribution >= 4 is 11.8 Å². The molecular formula is C11H19N3O3. The topological polar surface area (TPSA) is 81.4 Å². The van der Waals surface area contributed by atoms with Gasteiger partial charge in [-0.15, -0.1) is 0 Å². The largest absolute Gasteiger partial charge is 0.394 e. The van der Waals surface area contributed by atoms with Crippen LogP contribution in [0.2, 0.25) is 0 Å². The van der Waals surface area contributed by atoms with E-state index in [-0.39, 0.29) is 42.6 Å². The highest BCUT2D eigenvalue weighted by atomic mass is 16.3. The standard InChI is InChI=1S/C11H19N3O3/c1-11(2,3)13-10(17)8-9-6(5-15)14(9)7(16)4-12-8/h6,8-9,12,15H,4-5H2,1-3H3,(H,13,17)/t6-,8-,9-,14?/m1/s1. The van der Waals surface area contributed by atoms with Gasteiger partial charge in [-0.25, -0.2) is 0 Å². The van der Waals surface area contributed by atoms with Crippen LogP contribution in [0.4, 0.5) is 0 Å². The minimum atomic E-state index is -0.413. The Morgan fingerprint density at radius 1 is 1.59 bits per heavy atom. The third-order valence-electron chi connectivity index (χ3n) is 3.05. The molecule has 2 aliphatic rings. The first-order chi connectivity index (χ1) is 7.85. The fourth-order valence-corrected chi connectivity index (χ4v) is 2.33. The molecule has 2 saturated heterocycles. The number of hydrogen-bond donors (Lipinski definition) is 3. The van der Waals surface area contributed by atoms with E-state index in [2.05, 4.69) is 10.6 Å². The van der Waals surface area contributed by atoms with E-state index in [0.29, 0.717) is 0 Å². The van der Waals surface area contributed by atoms with Crippen LogP contribution in [-0.4, -0.2) is 58.6 Å². The first-order valence-electron chi connectivity index (χ1n) is 5.82. The molecule has 0 radical (unpaired) electrons. The average molecular weight is 241 g/mol. The van der Waals surface area contributed by atoms with Crippen molar-refractivity contribution in [2.75, 3.05) is 13.2 Å². The molecule has 0 aromatic heterocycles. The molecule has 3 atom stereocenters. The predicted octanol–water partition coefficient (Wildman–Crippen LogP) is -1.56. The lowest BCUT2D eigenvalue weighted by molar-refractivity contribution is -0.130. The third kappa shape index (κ3) is 2.28. The van der Waals surface area contributed by atoms with Crippen molar-refractivity contribution in [3.8, 4) is 0 Å². The summed E-state index contributed by atoms with van der Waals surface area (Å²) in [6.07, 6.45) is 0. The molecule has 0 aromatic rings. The first-order valence-corrected chi connectivity index (χ1v) is 5.82. The van der Waals surface area contributed by atoms with Crippen LogP contribution < -0.4 is 10.6 Å². The Morgan fingerprint density at radius 2 is 2.24 bits per heavy atom. The van der Waals surface area contributed by atoms with E-state index in [0.717, 1.165) is 0 Å². The van der Waals surface area contributed by atoms with Gasteiger partial charge in [0.1, 0.15) is 6.04 Å². The summed E-state index contributed by atoms with van der Waals surface area (Å²) < 4.78 is 0. The molecule has 0 unspecified atom stereocenters. The Kier molecular flexibility index (Phi) is 2.87. The summed E-state index contributed by atoms with van der Waals surface area (Å²) in [6.45, 7) is 5.81. The Morgan fingerprint density at radius 3 is 2.76 bits per heavy atom. The van der Waals surface area contributed by atoms with Crippen LogP contribution in [0.15, 0.2) is 0 Å². The Bertz CT molecular complexity index is 350. The van der Waals surface area contributed by atoms with Gasteiger partial charge in [0.15, 0.2) is 0 Å². The summed E-state index contributed by atoms with van der Waals surface area (Å²) in [5.74, 6) is -0.162. The first kappa shape index (κ1) is 12.3. The number of aliphatic hydroxyl groups excluding tert-OH is 1. The molecule has 0 aliphatic carbocycles. The fourth-order valence-electron chi connectivity index (χ4n) is 2.33. The van der Waals surface area contributed by atoms with Crippen LogP contribution in [0.1, 0.15) is 20.8 Å². The molecule has 96 valence electrons. The molecule has 6 heteroatoms. The number of hydrogen-bond acceptors (Lipinski definition) is 4. The van der Waals surface area contributed by atoms with E-state index < -0.39 is 6.04 Å². The monoisotopic (exact) mass is 241 g/mol. The minimum Gasteiger partial charge on any atom is -0.394 e. The molecule has 0 saturated carbocycles.